The Labute approximate surface area is 264 Å². The van der Waals surface area contributed by atoms with E-state index < -0.39 is 11.7 Å². The number of hydrogen-bond donors (Lipinski definition) is 1. The summed E-state index contributed by atoms with van der Waals surface area (Å²) in [4.78, 5) is 28.1. The van der Waals surface area contributed by atoms with Crippen molar-refractivity contribution in [1.29, 1.82) is 0 Å². The number of benzene rings is 3. The first-order chi connectivity index (χ1) is 21.6. The first-order valence-electron chi connectivity index (χ1n) is 14.5. The summed E-state index contributed by atoms with van der Waals surface area (Å²) in [6.07, 6.45) is -0.814. The lowest BCUT2D eigenvalue weighted by atomic mass is 10.1. The standard InChI is InChI=1S/C33H35F3N4O4S/c1-4-5-6-22-7-10-25(11-8-22)31(42)40(19-17-23-9-16-27(43-2)28(21-23)44-3)20-18-29(41)37-32-39-38-30(45-32)24-12-14-26(15-13-24)33(34,35)36/h7-16,21H,4-6,17-20H2,1-3H3,(H,37,39,41). The molecular formula is C33H35F3N4O4S. The van der Waals surface area contributed by atoms with E-state index in [4.69, 9.17) is 9.47 Å². The van der Waals surface area contributed by atoms with E-state index in [2.05, 4.69) is 22.4 Å². The predicted octanol–water partition coefficient (Wildman–Crippen LogP) is 7.30. The lowest BCUT2D eigenvalue weighted by Gasteiger charge is -2.23. The lowest BCUT2D eigenvalue weighted by molar-refractivity contribution is -0.137. The normalized spacial score (nSPS) is 11.2. The number of carbonyl (C=O) groups is 2. The van der Waals surface area contributed by atoms with E-state index in [0.29, 0.717) is 40.6 Å². The van der Waals surface area contributed by atoms with E-state index in [0.717, 1.165) is 53.9 Å². The number of methoxy groups -OCH3 is 2. The van der Waals surface area contributed by atoms with Crippen LogP contribution in [-0.4, -0.2) is 54.2 Å². The van der Waals surface area contributed by atoms with Gasteiger partial charge in [-0.25, -0.2) is 0 Å². The molecule has 4 rings (SSSR count). The monoisotopic (exact) mass is 640 g/mol. The molecule has 12 heteroatoms. The quantitative estimate of drug-likeness (QED) is 0.156. The molecule has 1 aromatic heterocycles. The zero-order chi connectivity index (χ0) is 32.4. The Morgan fingerprint density at radius 1 is 0.867 bits per heavy atom. The zero-order valence-electron chi connectivity index (χ0n) is 25.3. The highest BCUT2D eigenvalue weighted by Gasteiger charge is 2.30. The Bertz CT molecular complexity index is 1570. The Morgan fingerprint density at radius 2 is 1.56 bits per heavy atom. The number of nitrogens with one attached hydrogen (secondary N) is 1. The van der Waals surface area contributed by atoms with Crippen molar-refractivity contribution in [3.05, 3.63) is 89.0 Å². The van der Waals surface area contributed by atoms with Crippen LogP contribution in [0.1, 0.15) is 53.2 Å². The summed E-state index contributed by atoms with van der Waals surface area (Å²) < 4.78 is 49.4. The molecule has 0 saturated carbocycles. The molecule has 0 radical (unpaired) electrons. The molecular weight excluding hydrogens is 605 g/mol. The fraction of sp³-hybridized carbons (Fsp3) is 0.333. The number of alkyl halides is 3. The molecule has 45 heavy (non-hydrogen) atoms. The molecule has 1 N–H and O–H groups in total. The van der Waals surface area contributed by atoms with Gasteiger partial charge in [-0.15, -0.1) is 10.2 Å². The Hall–Kier alpha value is -4.45. The fourth-order valence-corrected chi connectivity index (χ4v) is 5.37. The Kier molecular flexibility index (Phi) is 11.5. The number of unbranched alkanes of at least 4 members (excludes halogenated alkanes) is 1. The molecule has 0 aliphatic heterocycles. The summed E-state index contributed by atoms with van der Waals surface area (Å²) in [5.41, 5.74) is 2.33. The molecule has 1 heterocycles. The van der Waals surface area contributed by atoms with Crippen LogP contribution in [0, 0.1) is 0 Å². The summed E-state index contributed by atoms with van der Waals surface area (Å²) in [6, 6.07) is 17.7. The number of ether oxygens (including phenoxy) is 2. The van der Waals surface area contributed by atoms with E-state index in [1.807, 2.05) is 42.5 Å². The molecule has 238 valence electrons. The number of amides is 2. The molecule has 0 unspecified atom stereocenters. The van der Waals surface area contributed by atoms with Gasteiger partial charge >= 0.3 is 6.18 Å². The molecule has 4 aromatic rings. The van der Waals surface area contributed by atoms with Gasteiger partial charge in [0.15, 0.2) is 11.5 Å². The van der Waals surface area contributed by atoms with Crippen LogP contribution in [-0.2, 0) is 23.8 Å². The molecule has 0 atom stereocenters. The number of rotatable bonds is 14. The van der Waals surface area contributed by atoms with Crippen molar-refractivity contribution in [2.45, 2.75) is 45.2 Å². The lowest BCUT2D eigenvalue weighted by Crippen LogP contribution is -2.35. The molecule has 0 aliphatic rings. The van der Waals surface area contributed by atoms with Gasteiger partial charge < -0.3 is 19.7 Å². The number of nitrogens with zero attached hydrogens (tertiary/aromatic N) is 3. The summed E-state index contributed by atoms with van der Waals surface area (Å²) in [5, 5.41) is 11.2. The molecule has 0 saturated heterocycles. The molecule has 8 nitrogen and oxygen atoms in total. The van der Waals surface area contributed by atoms with Gasteiger partial charge in [-0.1, -0.05) is 55.0 Å². The third-order valence-corrected chi connectivity index (χ3v) is 8.05. The molecule has 0 bridgehead atoms. The largest absolute Gasteiger partial charge is 0.493 e. The van der Waals surface area contributed by atoms with Crippen molar-refractivity contribution in [2.75, 3.05) is 32.6 Å². The molecule has 0 spiro atoms. The SMILES string of the molecule is CCCCc1ccc(C(=O)N(CCC(=O)Nc2nnc(-c3ccc(C(F)(F)F)cc3)s2)CCc2ccc(OC)c(OC)c2)cc1. The van der Waals surface area contributed by atoms with E-state index in [1.165, 1.54) is 12.1 Å². The minimum Gasteiger partial charge on any atom is -0.493 e. The third-order valence-electron chi connectivity index (χ3n) is 7.16. The van der Waals surface area contributed by atoms with Gasteiger partial charge in [-0.2, -0.15) is 13.2 Å². The van der Waals surface area contributed by atoms with Crippen LogP contribution < -0.4 is 14.8 Å². The van der Waals surface area contributed by atoms with E-state index in [1.54, 1.807) is 19.1 Å². The minimum absolute atomic E-state index is 0.00144. The number of aromatic nitrogens is 2. The van der Waals surface area contributed by atoms with Crippen LogP contribution in [0.25, 0.3) is 10.6 Å². The van der Waals surface area contributed by atoms with Crippen LogP contribution >= 0.6 is 11.3 Å². The van der Waals surface area contributed by atoms with Crippen LogP contribution in [0.3, 0.4) is 0 Å². The number of halogens is 3. The minimum atomic E-state index is -4.44. The van der Waals surface area contributed by atoms with Gasteiger partial charge in [0.25, 0.3) is 5.91 Å². The highest BCUT2D eigenvalue weighted by molar-refractivity contribution is 7.18. The maximum Gasteiger partial charge on any atom is 0.416 e. The van der Waals surface area contributed by atoms with Gasteiger partial charge in [-0.05, 0) is 66.8 Å². The fourth-order valence-electron chi connectivity index (χ4n) is 4.60. The third kappa shape index (κ3) is 9.27. The second kappa shape index (κ2) is 15.5. The van der Waals surface area contributed by atoms with Gasteiger partial charge in [0.1, 0.15) is 5.01 Å². The summed E-state index contributed by atoms with van der Waals surface area (Å²) in [5.74, 6) is 0.629. The smallest absolute Gasteiger partial charge is 0.416 e. The van der Waals surface area contributed by atoms with Gasteiger partial charge in [-0.3, -0.25) is 9.59 Å². The van der Waals surface area contributed by atoms with Gasteiger partial charge in [0.2, 0.25) is 11.0 Å². The second-order valence-corrected chi connectivity index (χ2v) is 11.3. The topological polar surface area (TPSA) is 93.7 Å². The van der Waals surface area contributed by atoms with Crippen molar-refractivity contribution >= 4 is 28.3 Å². The summed E-state index contributed by atoms with van der Waals surface area (Å²) >= 11 is 1.05. The number of hydrogen-bond acceptors (Lipinski definition) is 7. The summed E-state index contributed by atoms with van der Waals surface area (Å²) in [6.45, 7) is 2.64. The van der Waals surface area contributed by atoms with Crippen LogP contribution in [0.2, 0.25) is 0 Å². The predicted molar refractivity (Wildman–Crippen MR) is 168 cm³/mol. The molecule has 3 aromatic carbocycles. The van der Waals surface area contributed by atoms with Crippen molar-refractivity contribution in [1.82, 2.24) is 15.1 Å². The first-order valence-corrected chi connectivity index (χ1v) is 15.3. The maximum absolute atomic E-state index is 13.6. The highest BCUT2D eigenvalue weighted by atomic mass is 32.1. The maximum atomic E-state index is 13.6. The van der Waals surface area contributed by atoms with E-state index in [9.17, 15) is 22.8 Å². The number of aryl methyl sites for hydroxylation is 1. The summed E-state index contributed by atoms with van der Waals surface area (Å²) in [7, 11) is 3.12. The van der Waals surface area contributed by atoms with Crippen molar-refractivity contribution < 1.29 is 32.2 Å². The Balaban J connectivity index is 1.42. The van der Waals surface area contributed by atoms with Crippen molar-refractivity contribution in [3.63, 3.8) is 0 Å². The van der Waals surface area contributed by atoms with Gasteiger partial charge in [0.05, 0.1) is 19.8 Å². The first kappa shape index (κ1) is 33.4. The van der Waals surface area contributed by atoms with Crippen LogP contribution in [0.4, 0.5) is 18.3 Å². The van der Waals surface area contributed by atoms with Gasteiger partial charge in [0, 0.05) is 30.6 Å². The van der Waals surface area contributed by atoms with Crippen molar-refractivity contribution in [3.8, 4) is 22.1 Å². The van der Waals surface area contributed by atoms with E-state index >= 15 is 0 Å². The second-order valence-electron chi connectivity index (χ2n) is 10.3. The number of carbonyl (C=O) groups excluding carboxylic acids is 2. The number of anilines is 1. The molecule has 0 fully saturated rings. The average molecular weight is 641 g/mol. The zero-order valence-corrected chi connectivity index (χ0v) is 26.1. The Morgan fingerprint density at radius 3 is 2.20 bits per heavy atom. The average Bonchev–Trinajstić information content (AvgIpc) is 3.51. The molecule has 2 amide bonds. The van der Waals surface area contributed by atoms with Crippen molar-refractivity contribution in [2.24, 2.45) is 0 Å². The highest BCUT2D eigenvalue weighted by Crippen LogP contribution is 2.32. The molecule has 0 aliphatic carbocycles. The van der Waals surface area contributed by atoms with Crippen LogP contribution in [0.15, 0.2) is 66.7 Å². The van der Waals surface area contributed by atoms with E-state index in [-0.39, 0.29) is 29.9 Å². The van der Waals surface area contributed by atoms with Crippen LogP contribution in [0.5, 0.6) is 11.5 Å².